The molecule has 0 unspecified atom stereocenters. The minimum Gasteiger partial charge on any atom is -0.464 e. The first-order valence-electron chi connectivity index (χ1n) is 6.93. The van der Waals surface area contributed by atoms with Gasteiger partial charge >= 0.3 is 5.97 Å². The maximum atomic E-state index is 11.3. The summed E-state index contributed by atoms with van der Waals surface area (Å²) in [4.78, 5) is 11.3. The molecule has 0 aliphatic heterocycles. The lowest BCUT2D eigenvalue weighted by Gasteiger charge is -2.02. The predicted octanol–water partition coefficient (Wildman–Crippen LogP) is 2.53. The van der Waals surface area contributed by atoms with Crippen LogP contribution in [0.25, 0.3) is 11.3 Å². The summed E-state index contributed by atoms with van der Waals surface area (Å²) in [6, 6.07) is 14.8. The Balaban J connectivity index is 1.63. The van der Waals surface area contributed by atoms with Crippen LogP contribution in [0, 0.1) is 0 Å². The monoisotopic (exact) mass is 310 g/mol. The Hall–Kier alpha value is -3.22. The first kappa shape index (κ1) is 14.7. The lowest BCUT2D eigenvalue weighted by Crippen LogP contribution is -2.08. The normalized spacial score (nSPS) is 10.3. The zero-order chi connectivity index (χ0) is 16.1. The zero-order valence-corrected chi connectivity index (χ0v) is 12.4. The number of methoxy groups -OCH3 is 1. The van der Waals surface area contributed by atoms with E-state index in [0.29, 0.717) is 18.1 Å². The summed E-state index contributed by atoms with van der Waals surface area (Å²) in [6.07, 6.45) is 0. The highest BCUT2D eigenvalue weighted by Gasteiger charge is 2.09. The molecule has 0 saturated heterocycles. The smallest absolute Gasteiger partial charge is 0.358 e. The van der Waals surface area contributed by atoms with E-state index >= 15 is 0 Å². The van der Waals surface area contributed by atoms with Gasteiger partial charge in [0.05, 0.1) is 13.7 Å². The fourth-order valence-electron chi connectivity index (χ4n) is 1.95. The standard InChI is InChI=1S/C16H14N4O3/c1-22-16(21)13-7-8-15(19-18-13)17-10-12-9-14(23-20-12)11-5-3-2-4-6-11/h2-9H,10H2,1H3,(H,17,19). The molecule has 0 atom stereocenters. The van der Waals surface area contributed by atoms with E-state index in [9.17, 15) is 4.79 Å². The Morgan fingerprint density at radius 1 is 1.17 bits per heavy atom. The third-order valence-electron chi connectivity index (χ3n) is 3.13. The average molecular weight is 310 g/mol. The summed E-state index contributed by atoms with van der Waals surface area (Å²) in [7, 11) is 1.30. The minimum absolute atomic E-state index is 0.158. The van der Waals surface area contributed by atoms with Gasteiger partial charge in [-0.25, -0.2) is 4.79 Å². The molecular formula is C16H14N4O3. The van der Waals surface area contributed by atoms with Gasteiger partial charge in [-0.3, -0.25) is 0 Å². The molecule has 2 heterocycles. The first-order valence-corrected chi connectivity index (χ1v) is 6.93. The Kier molecular flexibility index (Phi) is 4.28. The molecule has 1 aromatic carbocycles. The van der Waals surface area contributed by atoms with Gasteiger partial charge in [0, 0.05) is 11.6 Å². The third-order valence-corrected chi connectivity index (χ3v) is 3.13. The van der Waals surface area contributed by atoms with Crippen LogP contribution in [0.15, 0.2) is 53.1 Å². The predicted molar refractivity (Wildman–Crippen MR) is 82.6 cm³/mol. The fourth-order valence-corrected chi connectivity index (χ4v) is 1.95. The second kappa shape index (κ2) is 6.69. The van der Waals surface area contributed by atoms with Crippen LogP contribution in [0.2, 0.25) is 0 Å². The van der Waals surface area contributed by atoms with Gasteiger partial charge in [-0.1, -0.05) is 35.5 Å². The fraction of sp³-hybridized carbons (Fsp3) is 0.125. The molecule has 0 aliphatic carbocycles. The summed E-state index contributed by atoms with van der Waals surface area (Å²) >= 11 is 0. The summed E-state index contributed by atoms with van der Waals surface area (Å²) in [5, 5.41) is 14.8. The average Bonchev–Trinajstić information content (AvgIpc) is 3.09. The Labute approximate surface area is 132 Å². The largest absolute Gasteiger partial charge is 0.464 e. The number of hydrogen-bond acceptors (Lipinski definition) is 7. The summed E-state index contributed by atoms with van der Waals surface area (Å²) < 4.78 is 9.88. The van der Waals surface area contributed by atoms with Gasteiger partial charge in [0.1, 0.15) is 11.5 Å². The molecule has 1 N–H and O–H groups in total. The highest BCUT2D eigenvalue weighted by atomic mass is 16.5. The van der Waals surface area contributed by atoms with Crippen LogP contribution in [-0.4, -0.2) is 28.4 Å². The van der Waals surface area contributed by atoms with Gasteiger partial charge < -0.3 is 14.6 Å². The van der Waals surface area contributed by atoms with E-state index in [1.54, 1.807) is 12.1 Å². The van der Waals surface area contributed by atoms with Crippen LogP contribution in [0.5, 0.6) is 0 Å². The number of ether oxygens (including phenoxy) is 1. The van der Waals surface area contributed by atoms with E-state index in [1.165, 1.54) is 7.11 Å². The van der Waals surface area contributed by atoms with Crippen LogP contribution in [0.4, 0.5) is 5.82 Å². The molecule has 2 aromatic heterocycles. The molecular weight excluding hydrogens is 296 g/mol. The van der Waals surface area contributed by atoms with Crippen molar-refractivity contribution in [3.8, 4) is 11.3 Å². The maximum Gasteiger partial charge on any atom is 0.358 e. The molecule has 0 bridgehead atoms. The van der Waals surface area contributed by atoms with Crippen LogP contribution in [0.1, 0.15) is 16.2 Å². The van der Waals surface area contributed by atoms with Crippen molar-refractivity contribution in [3.63, 3.8) is 0 Å². The number of benzene rings is 1. The van der Waals surface area contributed by atoms with E-state index in [0.717, 1.165) is 11.3 Å². The van der Waals surface area contributed by atoms with Gasteiger partial charge in [-0.2, -0.15) is 0 Å². The van der Waals surface area contributed by atoms with Crippen LogP contribution in [0.3, 0.4) is 0 Å². The molecule has 0 aliphatic rings. The van der Waals surface area contributed by atoms with Crippen molar-refractivity contribution in [1.29, 1.82) is 0 Å². The number of nitrogens with zero attached hydrogens (tertiary/aromatic N) is 3. The van der Waals surface area contributed by atoms with Gasteiger partial charge in [0.15, 0.2) is 11.5 Å². The van der Waals surface area contributed by atoms with E-state index < -0.39 is 5.97 Å². The van der Waals surface area contributed by atoms with Gasteiger partial charge in [0.2, 0.25) is 0 Å². The van der Waals surface area contributed by atoms with Gasteiger partial charge in [0.25, 0.3) is 0 Å². The van der Waals surface area contributed by atoms with Crippen molar-refractivity contribution in [2.75, 3.05) is 12.4 Å². The molecule has 0 fully saturated rings. The summed E-state index contributed by atoms with van der Waals surface area (Å²) in [5.74, 6) is 0.712. The van der Waals surface area contributed by atoms with Crippen LogP contribution < -0.4 is 5.32 Å². The van der Waals surface area contributed by atoms with Crippen molar-refractivity contribution in [2.24, 2.45) is 0 Å². The summed E-state index contributed by atoms with van der Waals surface area (Å²) in [6.45, 7) is 0.433. The highest BCUT2D eigenvalue weighted by Crippen LogP contribution is 2.20. The number of aromatic nitrogens is 3. The first-order chi connectivity index (χ1) is 11.3. The zero-order valence-electron chi connectivity index (χ0n) is 12.4. The third kappa shape index (κ3) is 3.52. The number of anilines is 1. The molecule has 3 rings (SSSR count). The van der Waals surface area contributed by atoms with Crippen molar-refractivity contribution >= 4 is 11.8 Å². The van der Waals surface area contributed by atoms with Crippen LogP contribution in [-0.2, 0) is 11.3 Å². The number of carbonyl (C=O) groups excluding carboxylic acids is 1. The van der Waals surface area contributed by atoms with Crippen molar-refractivity contribution in [2.45, 2.75) is 6.54 Å². The van der Waals surface area contributed by atoms with Gasteiger partial charge in [-0.05, 0) is 12.1 Å². The van der Waals surface area contributed by atoms with E-state index in [2.05, 4.69) is 25.4 Å². The molecule has 7 nitrogen and oxygen atoms in total. The van der Waals surface area contributed by atoms with Crippen molar-refractivity contribution in [1.82, 2.24) is 15.4 Å². The Morgan fingerprint density at radius 2 is 2.00 bits per heavy atom. The molecule has 0 spiro atoms. The molecule has 0 saturated carbocycles. The van der Waals surface area contributed by atoms with Gasteiger partial charge in [-0.15, -0.1) is 10.2 Å². The number of esters is 1. The maximum absolute atomic E-state index is 11.3. The molecule has 0 radical (unpaired) electrons. The lowest BCUT2D eigenvalue weighted by atomic mass is 10.2. The second-order valence-corrected chi connectivity index (χ2v) is 4.70. The molecule has 116 valence electrons. The highest BCUT2D eigenvalue weighted by molar-refractivity contribution is 5.86. The van der Waals surface area contributed by atoms with Crippen molar-refractivity contribution < 1.29 is 14.1 Å². The Bertz CT molecular complexity index is 785. The molecule has 23 heavy (non-hydrogen) atoms. The molecule has 7 heteroatoms. The SMILES string of the molecule is COC(=O)c1ccc(NCc2cc(-c3ccccc3)on2)nn1. The van der Waals surface area contributed by atoms with E-state index in [1.807, 2.05) is 36.4 Å². The summed E-state index contributed by atoms with van der Waals surface area (Å²) in [5.41, 5.74) is 1.86. The number of carbonyl (C=O) groups is 1. The second-order valence-electron chi connectivity index (χ2n) is 4.70. The van der Waals surface area contributed by atoms with E-state index in [4.69, 9.17) is 4.52 Å². The number of hydrogen-bond donors (Lipinski definition) is 1. The molecule has 0 amide bonds. The van der Waals surface area contributed by atoms with E-state index in [-0.39, 0.29) is 5.69 Å². The topological polar surface area (TPSA) is 90.1 Å². The Morgan fingerprint density at radius 3 is 2.70 bits per heavy atom. The minimum atomic E-state index is -0.520. The quantitative estimate of drug-likeness (QED) is 0.724. The number of nitrogens with one attached hydrogen (secondary N) is 1. The number of rotatable bonds is 5. The molecule has 3 aromatic rings. The lowest BCUT2D eigenvalue weighted by molar-refractivity contribution is 0.0593. The van der Waals surface area contributed by atoms with Crippen molar-refractivity contribution in [3.05, 3.63) is 59.9 Å². The van der Waals surface area contributed by atoms with Crippen LogP contribution >= 0.6 is 0 Å².